The number of benzene rings is 1. The Labute approximate surface area is 118 Å². The van der Waals surface area contributed by atoms with Gasteiger partial charge in [0.2, 0.25) is 0 Å². The molecule has 0 aliphatic carbocycles. The van der Waals surface area contributed by atoms with Crippen LogP contribution in [0.25, 0.3) is 0 Å². The standard InChI is InChI=1S/C14H20N2O4/c1-4-9(2)16-13(17)8-20-12-7-10(19-3)5-6-11(12)14(15)18/h5-7,9H,4,8H2,1-3H3,(H2,15,18)(H,16,17)/t9-/m1/s1. The van der Waals surface area contributed by atoms with Crippen LogP contribution in [-0.2, 0) is 4.79 Å². The van der Waals surface area contributed by atoms with Crippen LogP contribution in [0.5, 0.6) is 11.5 Å². The fourth-order valence-electron chi connectivity index (χ4n) is 1.51. The van der Waals surface area contributed by atoms with Gasteiger partial charge in [-0.3, -0.25) is 9.59 Å². The molecule has 20 heavy (non-hydrogen) atoms. The highest BCUT2D eigenvalue weighted by Gasteiger charge is 2.13. The van der Waals surface area contributed by atoms with E-state index in [9.17, 15) is 9.59 Å². The van der Waals surface area contributed by atoms with E-state index in [0.29, 0.717) is 5.75 Å². The Morgan fingerprint density at radius 3 is 2.65 bits per heavy atom. The smallest absolute Gasteiger partial charge is 0.258 e. The number of nitrogens with two attached hydrogens (primary N) is 1. The van der Waals surface area contributed by atoms with Gasteiger partial charge in [0.15, 0.2) is 6.61 Å². The van der Waals surface area contributed by atoms with E-state index in [2.05, 4.69) is 5.32 Å². The van der Waals surface area contributed by atoms with Crippen molar-refractivity contribution in [3.8, 4) is 11.5 Å². The maximum Gasteiger partial charge on any atom is 0.258 e. The van der Waals surface area contributed by atoms with Crippen molar-refractivity contribution >= 4 is 11.8 Å². The molecule has 6 heteroatoms. The lowest BCUT2D eigenvalue weighted by Crippen LogP contribution is -2.35. The number of amides is 2. The molecule has 0 radical (unpaired) electrons. The number of carbonyl (C=O) groups is 2. The minimum absolute atomic E-state index is 0.0759. The molecule has 0 aliphatic rings. The molecule has 1 aromatic carbocycles. The van der Waals surface area contributed by atoms with Crippen molar-refractivity contribution in [3.05, 3.63) is 23.8 Å². The van der Waals surface area contributed by atoms with E-state index in [0.717, 1.165) is 6.42 Å². The largest absolute Gasteiger partial charge is 0.497 e. The number of ether oxygens (including phenoxy) is 2. The first kappa shape index (κ1) is 15.8. The number of hydrogen-bond acceptors (Lipinski definition) is 4. The van der Waals surface area contributed by atoms with Crippen LogP contribution in [-0.4, -0.2) is 31.6 Å². The minimum Gasteiger partial charge on any atom is -0.497 e. The van der Waals surface area contributed by atoms with Gasteiger partial charge in [-0.1, -0.05) is 6.92 Å². The molecule has 1 aromatic rings. The van der Waals surface area contributed by atoms with Crippen molar-refractivity contribution in [2.24, 2.45) is 5.73 Å². The number of nitrogens with one attached hydrogen (secondary N) is 1. The zero-order valence-corrected chi connectivity index (χ0v) is 11.9. The Balaban J connectivity index is 2.75. The van der Waals surface area contributed by atoms with Crippen molar-refractivity contribution in [1.82, 2.24) is 5.32 Å². The van der Waals surface area contributed by atoms with Crippen molar-refractivity contribution in [2.45, 2.75) is 26.3 Å². The summed E-state index contributed by atoms with van der Waals surface area (Å²) in [5, 5.41) is 2.77. The molecule has 0 saturated heterocycles. The number of rotatable bonds is 7. The van der Waals surface area contributed by atoms with Gasteiger partial charge in [0, 0.05) is 12.1 Å². The van der Waals surface area contributed by atoms with Gasteiger partial charge in [0.05, 0.1) is 12.7 Å². The van der Waals surface area contributed by atoms with Gasteiger partial charge in [0.1, 0.15) is 11.5 Å². The average molecular weight is 280 g/mol. The van der Waals surface area contributed by atoms with E-state index in [-0.39, 0.29) is 29.9 Å². The SMILES string of the molecule is CC[C@@H](C)NC(=O)COc1cc(OC)ccc1C(N)=O. The molecule has 2 amide bonds. The zero-order valence-electron chi connectivity index (χ0n) is 11.9. The molecule has 0 spiro atoms. The predicted octanol–water partition coefficient (Wildman–Crippen LogP) is 1.09. The molecule has 0 heterocycles. The van der Waals surface area contributed by atoms with Crippen molar-refractivity contribution in [3.63, 3.8) is 0 Å². The fraction of sp³-hybridized carbons (Fsp3) is 0.429. The highest BCUT2D eigenvalue weighted by molar-refractivity contribution is 5.96. The van der Waals surface area contributed by atoms with Gasteiger partial charge in [-0.15, -0.1) is 0 Å². The Morgan fingerprint density at radius 1 is 1.40 bits per heavy atom. The van der Waals surface area contributed by atoms with Gasteiger partial charge in [-0.25, -0.2) is 0 Å². The molecule has 0 fully saturated rings. The van der Waals surface area contributed by atoms with E-state index in [4.69, 9.17) is 15.2 Å². The third kappa shape index (κ3) is 4.46. The Morgan fingerprint density at radius 2 is 2.10 bits per heavy atom. The fourth-order valence-corrected chi connectivity index (χ4v) is 1.51. The van der Waals surface area contributed by atoms with Crippen LogP contribution in [0.15, 0.2) is 18.2 Å². The summed E-state index contributed by atoms with van der Waals surface area (Å²) in [7, 11) is 1.50. The number of carbonyl (C=O) groups excluding carboxylic acids is 2. The van der Waals surface area contributed by atoms with Gasteiger partial charge in [-0.05, 0) is 25.5 Å². The van der Waals surface area contributed by atoms with Crippen LogP contribution in [0.4, 0.5) is 0 Å². The molecule has 1 atom stereocenters. The molecule has 0 bridgehead atoms. The lowest BCUT2D eigenvalue weighted by Gasteiger charge is -2.13. The summed E-state index contributed by atoms with van der Waals surface area (Å²) >= 11 is 0. The molecule has 6 nitrogen and oxygen atoms in total. The lowest BCUT2D eigenvalue weighted by molar-refractivity contribution is -0.123. The quantitative estimate of drug-likeness (QED) is 0.782. The predicted molar refractivity (Wildman–Crippen MR) is 74.9 cm³/mol. The van der Waals surface area contributed by atoms with Gasteiger partial charge in [-0.2, -0.15) is 0 Å². The van der Waals surface area contributed by atoms with Crippen LogP contribution < -0.4 is 20.5 Å². The van der Waals surface area contributed by atoms with E-state index >= 15 is 0 Å². The van der Waals surface area contributed by atoms with E-state index in [1.807, 2.05) is 13.8 Å². The summed E-state index contributed by atoms with van der Waals surface area (Å²) in [6, 6.07) is 4.71. The van der Waals surface area contributed by atoms with E-state index in [1.165, 1.54) is 19.2 Å². The first-order valence-electron chi connectivity index (χ1n) is 6.38. The maximum absolute atomic E-state index is 11.6. The van der Waals surface area contributed by atoms with Crippen molar-refractivity contribution < 1.29 is 19.1 Å². The second-order valence-electron chi connectivity index (χ2n) is 4.39. The molecule has 110 valence electrons. The van der Waals surface area contributed by atoms with Gasteiger partial charge < -0.3 is 20.5 Å². The van der Waals surface area contributed by atoms with Crippen LogP contribution in [0.3, 0.4) is 0 Å². The van der Waals surface area contributed by atoms with E-state index in [1.54, 1.807) is 6.07 Å². The third-order valence-electron chi connectivity index (χ3n) is 2.83. The van der Waals surface area contributed by atoms with Crippen LogP contribution in [0.1, 0.15) is 30.6 Å². The molecule has 0 saturated carbocycles. The summed E-state index contributed by atoms with van der Waals surface area (Å²) in [6.45, 7) is 3.69. The van der Waals surface area contributed by atoms with E-state index < -0.39 is 5.91 Å². The Hall–Kier alpha value is -2.24. The monoisotopic (exact) mass is 280 g/mol. The van der Waals surface area contributed by atoms with Crippen LogP contribution >= 0.6 is 0 Å². The molecule has 0 aromatic heterocycles. The summed E-state index contributed by atoms with van der Waals surface area (Å²) in [4.78, 5) is 22.9. The average Bonchev–Trinajstić information content (AvgIpc) is 2.44. The van der Waals surface area contributed by atoms with Crippen LogP contribution in [0.2, 0.25) is 0 Å². The lowest BCUT2D eigenvalue weighted by atomic mass is 10.2. The van der Waals surface area contributed by atoms with Gasteiger partial charge >= 0.3 is 0 Å². The topological polar surface area (TPSA) is 90.7 Å². The number of primary amides is 1. The second-order valence-corrected chi connectivity index (χ2v) is 4.39. The molecular weight excluding hydrogens is 260 g/mol. The summed E-state index contributed by atoms with van der Waals surface area (Å²) in [6.07, 6.45) is 0.831. The minimum atomic E-state index is -0.620. The Bertz CT molecular complexity index is 488. The Kier molecular flexibility index (Phi) is 5.83. The first-order chi connectivity index (χ1) is 9.47. The van der Waals surface area contributed by atoms with Gasteiger partial charge in [0.25, 0.3) is 11.8 Å². The molecule has 1 rings (SSSR count). The first-order valence-corrected chi connectivity index (χ1v) is 6.38. The summed E-state index contributed by atoms with van der Waals surface area (Å²) < 4.78 is 10.4. The second kappa shape index (κ2) is 7.37. The molecule has 0 aliphatic heterocycles. The highest BCUT2D eigenvalue weighted by Crippen LogP contribution is 2.24. The normalized spacial score (nSPS) is 11.6. The molecular formula is C14H20N2O4. The summed E-state index contributed by atoms with van der Waals surface area (Å²) in [5.74, 6) is -0.119. The maximum atomic E-state index is 11.6. The van der Waals surface area contributed by atoms with Crippen LogP contribution in [0, 0.1) is 0 Å². The van der Waals surface area contributed by atoms with Crippen molar-refractivity contribution in [2.75, 3.05) is 13.7 Å². The highest BCUT2D eigenvalue weighted by atomic mass is 16.5. The third-order valence-corrected chi connectivity index (χ3v) is 2.83. The molecule has 3 N–H and O–H groups in total. The van der Waals surface area contributed by atoms with Crippen molar-refractivity contribution in [1.29, 1.82) is 0 Å². The number of hydrogen-bond donors (Lipinski definition) is 2. The summed E-state index contributed by atoms with van der Waals surface area (Å²) in [5.41, 5.74) is 5.46. The zero-order chi connectivity index (χ0) is 15.1. The number of methoxy groups -OCH3 is 1. The molecule has 0 unspecified atom stereocenters.